The van der Waals surface area contributed by atoms with Crippen molar-refractivity contribution in [2.24, 2.45) is 0 Å². The van der Waals surface area contributed by atoms with E-state index in [-0.39, 0.29) is 5.57 Å². The second-order valence-corrected chi connectivity index (χ2v) is 6.34. The Bertz CT molecular complexity index is 840. The van der Waals surface area contributed by atoms with Gasteiger partial charge in [0, 0.05) is 12.5 Å². The Morgan fingerprint density at radius 3 is 2.16 bits per heavy atom. The summed E-state index contributed by atoms with van der Waals surface area (Å²) in [7, 11) is 5.97. The molecule has 0 aliphatic heterocycles. The first-order chi connectivity index (χ1) is 11.6. The van der Waals surface area contributed by atoms with Crippen LogP contribution in [0.4, 0.5) is 8.78 Å². The maximum Gasteiger partial charge on any atom is 0.270 e. The van der Waals surface area contributed by atoms with Crippen molar-refractivity contribution in [3.8, 4) is 0 Å². The molecule has 25 heavy (non-hydrogen) atoms. The highest BCUT2D eigenvalue weighted by atomic mass is 19.3. The average molecular weight is 334 g/mol. The summed E-state index contributed by atoms with van der Waals surface area (Å²) in [4.78, 5) is 0. The largest absolute Gasteiger partial charge is 0.270 e. The fourth-order valence-electron chi connectivity index (χ4n) is 2.79. The molecule has 0 saturated heterocycles. The van der Waals surface area contributed by atoms with E-state index >= 15 is 0 Å². The molecular weight excluding hydrogens is 313 g/mol. The fourth-order valence-corrected chi connectivity index (χ4v) is 2.79. The van der Waals surface area contributed by atoms with Crippen LogP contribution >= 0.6 is 0 Å². The Balaban J connectivity index is 2.93. The van der Waals surface area contributed by atoms with Crippen molar-refractivity contribution >= 4 is 18.9 Å². The second-order valence-electron chi connectivity index (χ2n) is 6.34. The van der Waals surface area contributed by atoms with E-state index in [0.717, 1.165) is 23.6 Å². The Morgan fingerprint density at radius 1 is 1.04 bits per heavy atom. The smallest absolute Gasteiger partial charge is 0.202 e. The van der Waals surface area contributed by atoms with Crippen LogP contribution in [-0.2, 0) is 0 Å². The van der Waals surface area contributed by atoms with E-state index in [0.29, 0.717) is 22.2 Å². The van der Waals surface area contributed by atoms with Crippen LogP contribution in [0.1, 0.15) is 30.5 Å². The molecule has 0 unspecified atom stereocenters. The minimum Gasteiger partial charge on any atom is -0.202 e. The van der Waals surface area contributed by atoms with Crippen LogP contribution in [0.15, 0.2) is 78.4 Å². The van der Waals surface area contributed by atoms with Crippen molar-refractivity contribution in [3.05, 3.63) is 95.1 Å². The summed E-state index contributed by atoms with van der Waals surface area (Å²) in [6, 6.07) is 14.9. The molecule has 0 nitrogen and oxygen atoms in total. The normalized spacial score (nSPS) is 12.5. The van der Waals surface area contributed by atoms with Gasteiger partial charge in [0.2, 0.25) is 0 Å². The summed E-state index contributed by atoms with van der Waals surface area (Å²) in [5, 5.41) is 0. The lowest BCUT2D eigenvalue weighted by atomic mass is 9.81. The third-order valence-electron chi connectivity index (χ3n) is 4.10. The first-order valence-electron chi connectivity index (χ1n) is 8.02. The molecule has 2 aromatic carbocycles. The van der Waals surface area contributed by atoms with Crippen LogP contribution in [0, 0.1) is 6.92 Å². The minimum atomic E-state index is -3.05. The third kappa shape index (κ3) is 4.17. The van der Waals surface area contributed by atoms with E-state index in [4.69, 9.17) is 7.85 Å². The SMILES string of the molecule is [B]c1ccc(C)c(/C(=C(\C(=C)C)C(=C)C(C)(F)F)c2ccccc2)c1. The van der Waals surface area contributed by atoms with E-state index in [1.165, 1.54) is 0 Å². The predicted molar refractivity (Wildman–Crippen MR) is 104 cm³/mol. The maximum absolute atomic E-state index is 14.1. The molecule has 0 atom stereocenters. The van der Waals surface area contributed by atoms with Gasteiger partial charge >= 0.3 is 0 Å². The monoisotopic (exact) mass is 334 g/mol. The molecule has 2 aromatic rings. The van der Waals surface area contributed by atoms with Crippen molar-refractivity contribution in [3.63, 3.8) is 0 Å². The molecule has 0 bridgehead atoms. The van der Waals surface area contributed by atoms with Gasteiger partial charge in [0.15, 0.2) is 0 Å². The van der Waals surface area contributed by atoms with Gasteiger partial charge in [-0.1, -0.05) is 67.2 Å². The zero-order valence-electron chi connectivity index (χ0n) is 14.9. The molecule has 0 aromatic heterocycles. The van der Waals surface area contributed by atoms with E-state index in [1.807, 2.05) is 49.4 Å². The highest BCUT2D eigenvalue weighted by Crippen LogP contribution is 2.39. The average Bonchev–Trinajstić information content (AvgIpc) is 2.54. The molecule has 2 rings (SSSR count). The summed E-state index contributed by atoms with van der Waals surface area (Å²) in [5.74, 6) is -3.05. The van der Waals surface area contributed by atoms with Crippen LogP contribution in [0.5, 0.6) is 0 Å². The highest BCUT2D eigenvalue weighted by molar-refractivity contribution is 6.32. The zero-order chi connectivity index (χ0) is 18.8. The lowest BCUT2D eigenvalue weighted by Gasteiger charge is -2.23. The van der Waals surface area contributed by atoms with Crippen molar-refractivity contribution < 1.29 is 8.78 Å². The Morgan fingerprint density at radius 2 is 1.64 bits per heavy atom. The number of allylic oxidation sites excluding steroid dienone is 3. The van der Waals surface area contributed by atoms with Gasteiger partial charge < -0.3 is 0 Å². The van der Waals surface area contributed by atoms with Crippen LogP contribution in [-0.4, -0.2) is 13.8 Å². The molecule has 3 heteroatoms. The Labute approximate surface area is 150 Å². The maximum atomic E-state index is 14.1. The van der Waals surface area contributed by atoms with Crippen LogP contribution < -0.4 is 5.46 Å². The van der Waals surface area contributed by atoms with Gasteiger partial charge in [-0.25, -0.2) is 8.78 Å². The lowest BCUT2D eigenvalue weighted by Crippen LogP contribution is -2.17. The predicted octanol–water partition coefficient (Wildman–Crippen LogP) is 5.38. The summed E-state index contributed by atoms with van der Waals surface area (Å²) < 4.78 is 28.2. The van der Waals surface area contributed by atoms with E-state index in [2.05, 4.69) is 13.2 Å². The van der Waals surface area contributed by atoms with E-state index in [1.54, 1.807) is 13.0 Å². The molecule has 0 aliphatic carbocycles. The van der Waals surface area contributed by atoms with Gasteiger partial charge in [0.25, 0.3) is 5.92 Å². The molecular formula is C22H21BF2. The van der Waals surface area contributed by atoms with Crippen molar-refractivity contribution in [1.82, 2.24) is 0 Å². The van der Waals surface area contributed by atoms with Crippen LogP contribution in [0.25, 0.3) is 5.57 Å². The van der Waals surface area contributed by atoms with Gasteiger partial charge in [0.1, 0.15) is 7.85 Å². The second kappa shape index (κ2) is 7.22. The van der Waals surface area contributed by atoms with Gasteiger partial charge in [-0.2, -0.15) is 0 Å². The van der Waals surface area contributed by atoms with Gasteiger partial charge in [0.05, 0.1) is 0 Å². The molecule has 0 saturated carbocycles. The molecule has 0 N–H and O–H groups in total. The summed E-state index contributed by atoms with van der Waals surface area (Å²) in [5.41, 5.74) is 4.46. The standard InChI is InChI=1S/C22H21BF2/c1-14(2)20(16(4)22(5,24)25)21(17-9-7-6-8-10-17)19-13-18(23)12-11-15(19)3/h6-13H,1,4H2,2-3,5H3/b21-20+. The zero-order valence-corrected chi connectivity index (χ0v) is 14.9. The van der Waals surface area contributed by atoms with Crippen LogP contribution in [0.2, 0.25) is 0 Å². The van der Waals surface area contributed by atoms with E-state index in [9.17, 15) is 8.78 Å². The minimum absolute atomic E-state index is 0.249. The highest BCUT2D eigenvalue weighted by Gasteiger charge is 2.31. The molecule has 0 spiro atoms. The number of alkyl halides is 2. The van der Waals surface area contributed by atoms with Gasteiger partial charge in [-0.15, -0.1) is 0 Å². The van der Waals surface area contributed by atoms with Crippen molar-refractivity contribution in [1.29, 1.82) is 0 Å². The molecule has 0 fully saturated rings. The van der Waals surface area contributed by atoms with E-state index < -0.39 is 5.92 Å². The summed E-state index contributed by atoms with van der Waals surface area (Å²) in [6.45, 7) is 12.1. The summed E-state index contributed by atoms with van der Waals surface area (Å²) in [6.07, 6.45) is 0. The molecule has 0 heterocycles. The fraction of sp³-hybridized carbons (Fsp3) is 0.182. The van der Waals surface area contributed by atoms with Crippen molar-refractivity contribution in [2.45, 2.75) is 26.7 Å². The van der Waals surface area contributed by atoms with Gasteiger partial charge in [-0.05, 0) is 47.3 Å². The molecule has 126 valence electrons. The first kappa shape index (κ1) is 18.9. The topological polar surface area (TPSA) is 0 Å². The Kier molecular flexibility index (Phi) is 5.47. The number of rotatable bonds is 5. The van der Waals surface area contributed by atoms with Gasteiger partial charge in [-0.3, -0.25) is 0 Å². The molecule has 0 aliphatic rings. The number of aryl methyl sites for hydroxylation is 1. The Hall–Kier alpha value is -2.42. The first-order valence-corrected chi connectivity index (χ1v) is 8.02. The number of hydrogen-bond donors (Lipinski definition) is 0. The molecule has 0 amide bonds. The van der Waals surface area contributed by atoms with Crippen LogP contribution in [0.3, 0.4) is 0 Å². The number of halogens is 2. The summed E-state index contributed by atoms with van der Waals surface area (Å²) >= 11 is 0. The lowest BCUT2D eigenvalue weighted by molar-refractivity contribution is 0.0668. The quantitative estimate of drug-likeness (QED) is 0.509. The number of benzene rings is 2. The molecule has 2 radical (unpaired) electrons. The number of hydrogen-bond acceptors (Lipinski definition) is 0. The van der Waals surface area contributed by atoms with Crippen molar-refractivity contribution in [2.75, 3.05) is 0 Å². The third-order valence-corrected chi connectivity index (χ3v) is 4.10.